The molecule has 0 atom stereocenters. The van der Waals surface area contributed by atoms with Crippen LogP contribution in [0.25, 0.3) is 0 Å². The minimum Gasteiger partial charge on any atom is -0.484 e. The van der Waals surface area contributed by atoms with Gasteiger partial charge in [-0.2, -0.15) is 0 Å². The van der Waals surface area contributed by atoms with Gasteiger partial charge in [0.1, 0.15) is 17.3 Å². The molecule has 0 aromatic heterocycles. The summed E-state index contributed by atoms with van der Waals surface area (Å²) < 4.78 is 24.3. The van der Waals surface area contributed by atoms with Crippen LogP contribution in [-0.2, 0) is 9.59 Å². The highest BCUT2D eigenvalue weighted by atomic mass is 35.5. The lowest BCUT2D eigenvalue weighted by molar-refractivity contribution is -0.151. The van der Waals surface area contributed by atoms with Gasteiger partial charge in [0.15, 0.2) is 13.2 Å². The summed E-state index contributed by atoms with van der Waals surface area (Å²) in [7, 11) is 0. The van der Waals surface area contributed by atoms with Crippen LogP contribution in [0.2, 0.25) is 5.02 Å². The van der Waals surface area contributed by atoms with Crippen LogP contribution in [0.15, 0.2) is 36.4 Å². The van der Waals surface area contributed by atoms with E-state index >= 15 is 0 Å². The molecule has 0 spiro atoms. The van der Waals surface area contributed by atoms with Crippen molar-refractivity contribution in [1.82, 2.24) is 10.6 Å². The maximum atomic E-state index is 13.4. The molecule has 0 radical (unpaired) electrons. The number of rotatable bonds is 8. The molecule has 2 bridgehead atoms. The zero-order valence-electron chi connectivity index (χ0n) is 17.4. The first-order valence-electron chi connectivity index (χ1n) is 10.1. The highest BCUT2D eigenvalue weighted by Crippen LogP contribution is 2.60. The van der Waals surface area contributed by atoms with Crippen molar-refractivity contribution < 1.29 is 23.5 Å². The highest BCUT2D eigenvalue weighted by Gasteiger charge is 2.69. The Labute approximate surface area is 185 Å². The van der Waals surface area contributed by atoms with Crippen molar-refractivity contribution in [1.29, 1.82) is 0 Å². The molecule has 2 N–H and O–H groups in total. The quantitative estimate of drug-likeness (QED) is 0.651. The summed E-state index contributed by atoms with van der Waals surface area (Å²) in [5, 5.41) is 5.98. The van der Waals surface area contributed by atoms with Crippen LogP contribution in [0.4, 0.5) is 4.39 Å². The zero-order valence-corrected chi connectivity index (χ0v) is 18.1. The largest absolute Gasteiger partial charge is 0.484 e. The second kappa shape index (κ2) is 8.04. The van der Waals surface area contributed by atoms with E-state index in [1.807, 2.05) is 32.0 Å². The maximum absolute atomic E-state index is 13.4. The number of aryl methyl sites for hydroxylation is 2. The molecule has 3 saturated carbocycles. The molecule has 0 unspecified atom stereocenters. The molecule has 3 fully saturated rings. The monoisotopic (exact) mass is 446 g/mol. The molecule has 2 aromatic rings. The Hall–Kier alpha value is -2.80. The Kier molecular flexibility index (Phi) is 5.56. The molecule has 164 valence electrons. The number of benzene rings is 2. The van der Waals surface area contributed by atoms with Gasteiger partial charge in [0.25, 0.3) is 11.8 Å². The van der Waals surface area contributed by atoms with Gasteiger partial charge in [-0.3, -0.25) is 9.59 Å². The van der Waals surface area contributed by atoms with Crippen LogP contribution >= 0.6 is 11.6 Å². The average molecular weight is 447 g/mol. The van der Waals surface area contributed by atoms with E-state index in [1.165, 1.54) is 17.7 Å². The van der Waals surface area contributed by atoms with Gasteiger partial charge in [-0.05, 0) is 68.5 Å². The molecule has 3 aliphatic carbocycles. The summed E-state index contributed by atoms with van der Waals surface area (Å²) in [5.74, 6) is -0.153. The molecule has 2 aromatic carbocycles. The van der Waals surface area contributed by atoms with E-state index in [-0.39, 0.29) is 46.9 Å². The highest BCUT2D eigenvalue weighted by molar-refractivity contribution is 6.30. The minimum absolute atomic E-state index is 0.00241. The molecule has 6 nitrogen and oxygen atoms in total. The van der Waals surface area contributed by atoms with Crippen molar-refractivity contribution >= 4 is 23.4 Å². The lowest BCUT2D eigenvalue weighted by Gasteiger charge is -2.70. The van der Waals surface area contributed by atoms with Crippen LogP contribution in [0.3, 0.4) is 0 Å². The van der Waals surface area contributed by atoms with E-state index in [1.54, 1.807) is 0 Å². The van der Waals surface area contributed by atoms with Crippen molar-refractivity contribution in [3.05, 3.63) is 58.4 Å². The summed E-state index contributed by atoms with van der Waals surface area (Å²) in [5.41, 5.74) is 1.72. The second-order valence-electron chi connectivity index (χ2n) is 8.59. The van der Waals surface area contributed by atoms with Crippen molar-refractivity contribution in [2.75, 3.05) is 13.2 Å². The fourth-order valence-corrected chi connectivity index (χ4v) is 4.50. The maximum Gasteiger partial charge on any atom is 0.258 e. The van der Waals surface area contributed by atoms with Crippen LogP contribution in [0, 0.1) is 19.7 Å². The van der Waals surface area contributed by atoms with E-state index in [2.05, 4.69) is 10.6 Å². The summed E-state index contributed by atoms with van der Waals surface area (Å²) in [6.07, 6.45) is 2.03. The van der Waals surface area contributed by atoms with Gasteiger partial charge >= 0.3 is 0 Å². The standard InChI is InChI=1S/C23H24ClFN2O4/c1-14-3-4-16(7-15(14)2)30-9-20(28)26-22-11-23(12-22,13-22)27-21(29)10-31-17-5-6-18(24)19(25)8-17/h3-8H,9-13H2,1-2H3,(H,26,28)(H,27,29). The van der Waals surface area contributed by atoms with Crippen molar-refractivity contribution in [2.24, 2.45) is 0 Å². The SMILES string of the molecule is Cc1ccc(OCC(=O)NC23CC(NC(=O)COc4ccc(Cl)c(F)c4)(C2)C3)cc1C. The third-order valence-electron chi connectivity index (χ3n) is 5.95. The number of amides is 2. The van der Waals surface area contributed by atoms with Gasteiger partial charge in [0.2, 0.25) is 0 Å². The third kappa shape index (κ3) is 4.61. The Bertz CT molecular complexity index is 943. The number of carbonyl (C=O) groups excluding carboxylic acids is 2. The second-order valence-corrected chi connectivity index (χ2v) is 8.99. The molecular weight excluding hydrogens is 423 g/mol. The smallest absolute Gasteiger partial charge is 0.258 e. The van der Waals surface area contributed by atoms with Crippen LogP contribution in [0.1, 0.15) is 30.4 Å². The third-order valence-corrected chi connectivity index (χ3v) is 6.26. The van der Waals surface area contributed by atoms with Crippen molar-refractivity contribution in [2.45, 2.75) is 44.2 Å². The summed E-state index contributed by atoms with van der Waals surface area (Å²) in [4.78, 5) is 24.4. The van der Waals surface area contributed by atoms with Gasteiger partial charge in [0.05, 0.1) is 5.02 Å². The van der Waals surface area contributed by atoms with E-state index in [0.29, 0.717) is 25.0 Å². The Morgan fingerprint density at radius 1 is 0.903 bits per heavy atom. The van der Waals surface area contributed by atoms with Gasteiger partial charge in [-0.25, -0.2) is 4.39 Å². The van der Waals surface area contributed by atoms with E-state index in [0.717, 1.165) is 11.6 Å². The molecule has 0 saturated heterocycles. The minimum atomic E-state index is -0.599. The number of hydrogen-bond donors (Lipinski definition) is 2. The van der Waals surface area contributed by atoms with E-state index in [9.17, 15) is 14.0 Å². The molecule has 8 heteroatoms. The fourth-order valence-electron chi connectivity index (χ4n) is 4.38. The predicted octanol–water partition coefficient (Wildman–Crippen LogP) is 3.46. The lowest BCUT2D eigenvalue weighted by Crippen LogP contribution is -2.84. The van der Waals surface area contributed by atoms with Crippen LogP contribution in [0.5, 0.6) is 11.5 Å². The Morgan fingerprint density at radius 3 is 1.94 bits per heavy atom. The summed E-state index contributed by atoms with van der Waals surface area (Å²) in [6.45, 7) is 3.75. The Morgan fingerprint density at radius 2 is 1.42 bits per heavy atom. The first-order valence-corrected chi connectivity index (χ1v) is 10.5. The topological polar surface area (TPSA) is 76.7 Å². The van der Waals surface area contributed by atoms with E-state index < -0.39 is 5.82 Å². The average Bonchev–Trinajstić information content (AvgIpc) is 2.67. The van der Waals surface area contributed by atoms with Gasteiger partial charge in [-0.1, -0.05) is 17.7 Å². The number of ether oxygens (including phenoxy) is 2. The lowest BCUT2D eigenvalue weighted by atomic mass is 9.44. The zero-order chi connectivity index (χ0) is 22.2. The fraction of sp³-hybridized carbons (Fsp3) is 0.391. The molecule has 5 rings (SSSR count). The first kappa shape index (κ1) is 21.4. The van der Waals surface area contributed by atoms with Gasteiger partial charge in [-0.15, -0.1) is 0 Å². The normalized spacial score (nSPS) is 23.2. The Balaban J connectivity index is 1.17. The molecular formula is C23H24ClFN2O4. The van der Waals surface area contributed by atoms with Crippen molar-refractivity contribution in [3.63, 3.8) is 0 Å². The predicted molar refractivity (Wildman–Crippen MR) is 114 cm³/mol. The van der Waals surface area contributed by atoms with Crippen molar-refractivity contribution in [3.8, 4) is 11.5 Å². The van der Waals surface area contributed by atoms with Gasteiger partial charge in [0, 0.05) is 17.1 Å². The summed E-state index contributed by atoms with van der Waals surface area (Å²) >= 11 is 5.63. The first-order chi connectivity index (χ1) is 14.7. The molecule has 2 amide bonds. The van der Waals surface area contributed by atoms with Gasteiger partial charge < -0.3 is 20.1 Å². The van der Waals surface area contributed by atoms with Crippen LogP contribution in [-0.4, -0.2) is 36.1 Å². The summed E-state index contributed by atoms with van der Waals surface area (Å²) in [6, 6.07) is 9.74. The van der Waals surface area contributed by atoms with E-state index in [4.69, 9.17) is 21.1 Å². The number of nitrogens with one attached hydrogen (secondary N) is 2. The molecule has 31 heavy (non-hydrogen) atoms. The number of halogens is 2. The number of carbonyl (C=O) groups is 2. The number of hydrogen-bond acceptors (Lipinski definition) is 4. The molecule has 3 aliphatic rings. The van der Waals surface area contributed by atoms with Crippen LogP contribution < -0.4 is 20.1 Å². The molecule has 0 heterocycles. The molecule has 0 aliphatic heterocycles.